The average molecular weight is 353 g/mol. The van der Waals surface area contributed by atoms with E-state index in [2.05, 4.69) is 20.5 Å². The topological polar surface area (TPSA) is 85.7 Å². The first-order valence-electron chi connectivity index (χ1n) is 9.33. The molecule has 0 amide bonds. The highest BCUT2D eigenvalue weighted by atomic mass is 16.5. The van der Waals surface area contributed by atoms with Crippen molar-refractivity contribution in [3.8, 4) is 5.75 Å². The molecule has 0 aliphatic heterocycles. The van der Waals surface area contributed by atoms with Crippen molar-refractivity contribution in [2.45, 2.75) is 51.0 Å². The standard InChI is InChI=1S/C19H23N5O2/c25-19-13-17(15-9-4-5-10-16(15)20-19)26-12-6-11-18-21-22-23-24(18)14-7-2-1-3-8-14/h4-5,9-10,13-14H,1-3,6-8,11-12H2,(H,20,25). The van der Waals surface area contributed by atoms with Crippen LogP contribution in [0.25, 0.3) is 10.9 Å². The van der Waals surface area contributed by atoms with E-state index < -0.39 is 0 Å². The van der Waals surface area contributed by atoms with Crippen LogP contribution in [0.1, 0.15) is 50.4 Å². The fourth-order valence-corrected chi connectivity index (χ4v) is 3.69. The monoisotopic (exact) mass is 353 g/mol. The third-order valence-electron chi connectivity index (χ3n) is 5.00. The van der Waals surface area contributed by atoms with Gasteiger partial charge in [-0.15, -0.1) is 5.10 Å². The van der Waals surface area contributed by atoms with Crippen molar-refractivity contribution in [1.29, 1.82) is 0 Å². The number of benzene rings is 1. The Balaban J connectivity index is 1.38. The summed E-state index contributed by atoms with van der Waals surface area (Å²) in [5.74, 6) is 1.55. The van der Waals surface area contributed by atoms with Gasteiger partial charge in [-0.2, -0.15) is 0 Å². The van der Waals surface area contributed by atoms with Gasteiger partial charge in [0, 0.05) is 17.9 Å². The van der Waals surface area contributed by atoms with E-state index in [0.717, 1.165) is 42.4 Å². The van der Waals surface area contributed by atoms with E-state index in [1.165, 1.54) is 25.3 Å². The summed E-state index contributed by atoms with van der Waals surface area (Å²) in [6, 6.07) is 9.60. The second kappa shape index (κ2) is 7.68. The van der Waals surface area contributed by atoms with Crippen molar-refractivity contribution in [1.82, 2.24) is 25.2 Å². The molecule has 2 aromatic heterocycles. The summed E-state index contributed by atoms with van der Waals surface area (Å²) in [7, 11) is 0. The summed E-state index contributed by atoms with van der Waals surface area (Å²) in [6.07, 6.45) is 7.71. The van der Waals surface area contributed by atoms with Crippen LogP contribution in [0, 0.1) is 0 Å². The highest BCUT2D eigenvalue weighted by Gasteiger charge is 2.19. The van der Waals surface area contributed by atoms with E-state index in [9.17, 15) is 4.79 Å². The summed E-state index contributed by atoms with van der Waals surface area (Å²) in [5.41, 5.74) is 0.635. The Labute approximate surface area is 151 Å². The molecule has 0 bridgehead atoms. The average Bonchev–Trinajstić information content (AvgIpc) is 3.14. The normalized spacial score (nSPS) is 15.4. The molecule has 1 aromatic carbocycles. The first-order valence-corrected chi connectivity index (χ1v) is 9.33. The van der Waals surface area contributed by atoms with E-state index in [1.807, 2.05) is 28.9 Å². The predicted octanol–water partition coefficient (Wildman–Crippen LogP) is 3.03. The summed E-state index contributed by atoms with van der Waals surface area (Å²) in [5, 5.41) is 13.2. The Morgan fingerprint density at radius 1 is 1.19 bits per heavy atom. The van der Waals surface area contributed by atoms with Crippen molar-refractivity contribution in [3.05, 3.63) is 46.5 Å². The van der Waals surface area contributed by atoms with Crippen LogP contribution in [0.4, 0.5) is 0 Å². The lowest BCUT2D eigenvalue weighted by Gasteiger charge is -2.22. The number of pyridine rings is 1. The van der Waals surface area contributed by atoms with Gasteiger partial charge in [0.25, 0.3) is 5.56 Å². The molecule has 1 aliphatic carbocycles. The molecular formula is C19H23N5O2. The van der Waals surface area contributed by atoms with E-state index in [4.69, 9.17) is 4.74 Å². The SMILES string of the molecule is O=c1cc(OCCCc2nnnn2C2CCCCC2)c2ccccc2[nH]1. The molecule has 4 rings (SSSR count). The third-order valence-corrected chi connectivity index (χ3v) is 5.00. The zero-order chi connectivity index (χ0) is 17.8. The molecule has 0 unspecified atom stereocenters. The van der Waals surface area contributed by atoms with Gasteiger partial charge < -0.3 is 9.72 Å². The minimum Gasteiger partial charge on any atom is -0.493 e. The lowest BCUT2D eigenvalue weighted by Crippen LogP contribution is -2.17. The molecular weight excluding hydrogens is 330 g/mol. The van der Waals surface area contributed by atoms with Crippen LogP contribution in [-0.4, -0.2) is 31.8 Å². The maximum Gasteiger partial charge on any atom is 0.252 e. The minimum atomic E-state index is -0.153. The molecule has 1 N–H and O–H groups in total. The van der Waals surface area contributed by atoms with Crippen molar-refractivity contribution >= 4 is 10.9 Å². The maximum absolute atomic E-state index is 11.8. The van der Waals surface area contributed by atoms with Crippen LogP contribution in [0.5, 0.6) is 5.75 Å². The molecule has 1 fully saturated rings. The number of rotatable bonds is 6. The Bertz CT molecular complexity index is 927. The molecule has 3 aromatic rings. The number of hydrogen-bond acceptors (Lipinski definition) is 5. The van der Waals surface area contributed by atoms with E-state index in [1.54, 1.807) is 0 Å². The zero-order valence-corrected chi connectivity index (χ0v) is 14.7. The molecule has 7 nitrogen and oxygen atoms in total. The van der Waals surface area contributed by atoms with E-state index in [-0.39, 0.29) is 5.56 Å². The van der Waals surface area contributed by atoms with Gasteiger partial charge >= 0.3 is 0 Å². The number of H-pyrrole nitrogens is 1. The number of aromatic amines is 1. The van der Waals surface area contributed by atoms with Crippen LogP contribution in [0.2, 0.25) is 0 Å². The lowest BCUT2D eigenvalue weighted by molar-refractivity contribution is 0.299. The number of ether oxygens (including phenoxy) is 1. The molecule has 0 spiro atoms. The molecule has 2 heterocycles. The number of fused-ring (bicyclic) bond motifs is 1. The van der Waals surface area contributed by atoms with Crippen LogP contribution in [-0.2, 0) is 6.42 Å². The smallest absolute Gasteiger partial charge is 0.252 e. The van der Waals surface area contributed by atoms with Crippen molar-refractivity contribution in [3.63, 3.8) is 0 Å². The van der Waals surface area contributed by atoms with Gasteiger partial charge in [-0.05, 0) is 41.8 Å². The molecule has 26 heavy (non-hydrogen) atoms. The first kappa shape index (κ1) is 16.8. The lowest BCUT2D eigenvalue weighted by atomic mass is 9.95. The van der Waals surface area contributed by atoms with Crippen molar-refractivity contribution in [2.75, 3.05) is 6.61 Å². The maximum atomic E-state index is 11.8. The number of nitrogens with one attached hydrogen (secondary N) is 1. The van der Waals surface area contributed by atoms with Crippen LogP contribution in [0.3, 0.4) is 0 Å². The molecule has 0 saturated heterocycles. The second-order valence-electron chi connectivity index (χ2n) is 6.83. The zero-order valence-electron chi connectivity index (χ0n) is 14.7. The largest absolute Gasteiger partial charge is 0.493 e. The number of aryl methyl sites for hydroxylation is 1. The molecule has 1 saturated carbocycles. The summed E-state index contributed by atoms with van der Waals surface area (Å²) in [6.45, 7) is 0.519. The second-order valence-corrected chi connectivity index (χ2v) is 6.83. The van der Waals surface area contributed by atoms with Gasteiger partial charge in [0.2, 0.25) is 0 Å². The Hall–Kier alpha value is -2.70. The molecule has 7 heteroatoms. The number of hydrogen-bond donors (Lipinski definition) is 1. The third kappa shape index (κ3) is 3.61. The number of tetrazole rings is 1. The number of para-hydroxylation sites is 1. The first-order chi connectivity index (χ1) is 12.8. The van der Waals surface area contributed by atoms with Crippen molar-refractivity contribution < 1.29 is 4.74 Å². The van der Waals surface area contributed by atoms with E-state index >= 15 is 0 Å². The highest BCUT2D eigenvalue weighted by Crippen LogP contribution is 2.28. The fraction of sp³-hybridized carbons (Fsp3) is 0.474. The van der Waals surface area contributed by atoms with Gasteiger partial charge in [0.05, 0.1) is 18.2 Å². The summed E-state index contributed by atoms with van der Waals surface area (Å²) in [4.78, 5) is 14.6. The Morgan fingerprint density at radius 2 is 2.04 bits per heavy atom. The van der Waals surface area contributed by atoms with Crippen LogP contribution < -0.4 is 10.3 Å². The molecule has 136 valence electrons. The molecule has 1 aliphatic rings. The fourth-order valence-electron chi connectivity index (χ4n) is 3.69. The number of nitrogens with zero attached hydrogens (tertiary/aromatic N) is 4. The van der Waals surface area contributed by atoms with Crippen molar-refractivity contribution in [2.24, 2.45) is 0 Å². The molecule has 0 atom stereocenters. The minimum absolute atomic E-state index is 0.153. The Kier molecular flexibility index (Phi) is 4.95. The van der Waals surface area contributed by atoms with Gasteiger partial charge in [-0.1, -0.05) is 31.4 Å². The van der Waals surface area contributed by atoms with Crippen LogP contribution >= 0.6 is 0 Å². The quantitative estimate of drug-likeness (QED) is 0.689. The predicted molar refractivity (Wildman–Crippen MR) is 98.3 cm³/mol. The summed E-state index contributed by atoms with van der Waals surface area (Å²) < 4.78 is 7.89. The van der Waals surface area contributed by atoms with E-state index in [0.29, 0.717) is 18.4 Å². The summed E-state index contributed by atoms with van der Waals surface area (Å²) >= 11 is 0. The van der Waals surface area contributed by atoms with Gasteiger partial charge in [-0.25, -0.2) is 4.68 Å². The van der Waals surface area contributed by atoms with Crippen LogP contribution in [0.15, 0.2) is 35.1 Å². The highest BCUT2D eigenvalue weighted by molar-refractivity contribution is 5.84. The van der Waals surface area contributed by atoms with Gasteiger partial charge in [0.15, 0.2) is 5.82 Å². The molecule has 0 radical (unpaired) electrons. The van der Waals surface area contributed by atoms with Gasteiger partial charge in [-0.3, -0.25) is 4.79 Å². The Morgan fingerprint density at radius 3 is 2.92 bits per heavy atom. The number of aromatic nitrogens is 5. The van der Waals surface area contributed by atoms with Gasteiger partial charge in [0.1, 0.15) is 5.75 Å².